The number of benzene rings is 2. The second-order valence-corrected chi connectivity index (χ2v) is 7.90. The average molecular weight is 455 g/mol. The standard InChI is InChI=1S/C27H38N2O4/c1-5-28(6-2)17-19-32-26(30)24-13-9-22(10-14-24)21-23-11-15-25(16-12-23)27(31)33-20-18-29(7-3)8-4/h9-16H,5-8,17-21H2,1-4H3. The summed E-state index contributed by atoms with van der Waals surface area (Å²) in [5.41, 5.74) is 3.29. The molecule has 2 aromatic rings. The maximum atomic E-state index is 12.2. The molecule has 0 saturated carbocycles. The summed E-state index contributed by atoms with van der Waals surface area (Å²) in [5, 5.41) is 0. The molecule has 0 aliphatic rings. The van der Waals surface area contributed by atoms with Gasteiger partial charge in [0.2, 0.25) is 0 Å². The number of ether oxygens (including phenoxy) is 2. The van der Waals surface area contributed by atoms with Crippen LogP contribution in [0.4, 0.5) is 0 Å². The van der Waals surface area contributed by atoms with Crippen LogP contribution in [0.3, 0.4) is 0 Å². The van der Waals surface area contributed by atoms with Gasteiger partial charge in [-0.2, -0.15) is 0 Å². The van der Waals surface area contributed by atoms with E-state index in [-0.39, 0.29) is 11.9 Å². The number of nitrogens with zero attached hydrogens (tertiary/aromatic N) is 2. The van der Waals surface area contributed by atoms with Crippen LogP contribution < -0.4 is 0 Å². The molecule has 2 rings (SSSR count). The van der Waals surface area contributed by atoms with Gasteiger partial charge >= 0.3 is 11.9 Å². The minimum absolute atomic E-state index is 0.294. The predicted molar refractivity (Wildman–Crippen MR) is 132 cm³/mol. The van der Waals surface area contributed by atoms with Gasteiger partial charge in [-0.05, 0) is 68.0 Å². The maximum Gasteiger partial charge on any atom is 0.338 e. The predicted octanol–water partition coefficient (Wildman–Crippen LogP) is 4.27. The molecule has 0 aliphatic heterocycles. The topological polar surface area (TPSA) is 59.1 Å². The van der Waals surface area contributed by atoms with Gasteiger partial charge in [0.15, 0.2) is 0 Å². The van der Waals surface area contributed by atoms with Crippen LogP contribution in [-0.4, -0.2) is 74.2 Å². The second-order valence-electron chi connectivity index (χ2n) is 7.90. The van der Waals surface area contributed by atoms with Gasteiger partial charge in [0.1, 0.15) is 13.2 Å². The van der Waals surface area contributed by atoms with E-state index in [9.17, 15) is 9.59 Å². The summed E-state index contributed by atoms with van der Waals surface area (Å²) < 4.78 is 10.8. The number of carbonyl (C=O) groups excluding carboxylic acids is 2. The van der Waals surface area contributed by atoms with E-state index in [4.69, 9.17) is 9.47 Å². The molecule has 0 spiro atoms. The molecule has 6 nitrogen and oxygen atoms in total. The van der Waals surface area contributed by atoms with E-state index < -0.39 is 0 Å². The third-order valence-corrected chi connectivity index (χ3v) is 5.86. The summed E-state index contributed by atoms with van der Waals surface area (Å²) in [5.74, 6) is -0.588. The maximum absolute atomic E-state index is 12.2. The molecule has 0 aromatic heterocycles. The van der Waals surface area contributed by atoms with Crippen molar-refractivity contribution in [3.63, 3.8) is 0 Å². The molecule has 6 heteroatoms. The number of carbonyl (C=O) groups is 2. The van der Waals surface area contributed by atoms with Crippen LogP contribution in [0.15, 0.2) is 48.5 Å². The first-order chi connectivity index (χ1) is 16.0. The number of esters is 2. The molecule has 180 valence electrons. The van der Waals surface area contributed by atoms with Crippen LogP contribution >= 0.6 is 0 Å². The van der Waals surface area contributed by atoms with Crippen molar-refractivity contribution in [3.8, 4) is 0 Å². The Morgan fingerprint density at radius 1 is 0.606 bits per heavy atom. The van der Waals surface area contributed by atoms with Crippen molar-refractivity contribution in [2.24, 2.45) is 0 Å². The normalized spacial score (nSPS) is 11.1. The van der Waals surface area contributed by atoms with Crippen LogP contribution in [0.5, 0.6) is 0 Å². The highest BCUT2D eigenvalue weighted by Gasteiger charge is 2.10. The fraction of sp³-hybridized carbons (Fsp3) is 0.481. The van der Waals surface area contributed by atoms with Crippen LogP contribution in [0, 0.1) is 0 Å². The van der Waals surface area contributed by atoms with Crippen molar-refractivity contribution in [2.45, 2.75) is 34.1 Å². The Balaban J connectivity index is 1.82. The molecule has 0 bridgehead atoms. The Morgan fingerprint density at radius 2 is 0.939 bits per heavy atom. The number of rotatable bonds is 14. The molecular weight excluding hydrogens is 416 g/mol. The van der Waals surface area contributed by atoms with Gasteiger partial charge in [-0.3, -0.25) is 0 Å². The highest BCUT2D eigenvalue weighted by atomic mass is 16.5. The van der Waals surface area contributed by atoms with Crippen molar-refractivity contribution in [2.75, 3.05) is 52.5 Å². The zero-order chi connectivity index (χ0) is 24.1. The van der Waals surface area contributed by atoms with Crippen LogP contribution in [0.1, 0.15) is 59.5 Å². The molecule has 0 unspecified atom stereocenters. The largest absolute Gasteiger partial charge is 0.461 e. The fourth-order valence-corrected chi connectivity index (χ4v) is 3.53. The number of likely N-dealkylation sites (N-methyl/N-ethyl adjacent to an activating group) is 2. The van der Waals surface area contributed by atoms with Crippen LogP contribution in [-0.2, 0) is 15.9 Å². The van der Waals surface area contributed by atoms with E-state index in [0.29, 0.717) is 30.8 Å². The van der Waals surface area contributed by atoms with E-state index in [1.54, 1.807) is 24.3 Å². The second kappa shape index (κ2) is 14.4. The monoisotopic (exact) mass is 454 g/mol. The van der Waals surface area contributed by atoms with Crippen molar-refractivity contribution < 1.29 is 19.1 Å². The van der Waals surface area contributed by atoms with Crippen molar-refractivity contribution in [3.05, 3.63) is 70.8 Å². The Kier molecular flexibility index (Phi) is 11.6. The number of hydrogen-bond acceptors (Lipinski definition) is 6. The van der Waals surface area contributed by atoms with E-state index in [1.165, 1.54) is 0 Å². The summed E-state index contributed by atoms with van der Waals surface area (Å²) in [7, 11) is 0. The van der Waals surface area contributed by atoms with Crippen molar-refractivity contribution >= 4 is 11.9 Å². The van der Waals surface area contributed by atoms with Crippen LogP contribution in [0.2, 0.25) is 0 Å². The van der Waals surface area contributed by atoms with E-state index in [2.05, 4.69) is 37.5 Å². The lowest BCUT2D eigenvalue weighted by Crippen LogP contribution is -2.27. The molecule has 0 fully saturated rings. The first kappa shape index (κ1) is 26.6. The van der Waals surface area contributed by atoms with Gasteiger partial charge in [0, 0.05) is 13.1 Å². The minimum Gasteiger partial charge on any atom is -0.461 e. The zero-order valence-electron chi connectivity index (χ0n) is 20.5. The van der Waals surface area contributed by atoms with Gasteiger partial charge in [-0.1, -0.05) is 52.0 Å². The van der Waals surface area contributed by atoms with Gasteiger partial charge in [-0.25, -0.2) is 9.59 Å². The van der Waals surface area contributed by atoms with Gasteiger partial charge in [-0.15, -0.1) is 0 Å². The summed E-state index contributed by atoms with van der Waals surface area (Å²) in [6, 6.07) is 15.0. The van der Waals surface area contributed by atoms with Crippen molar-refractivity contribution in [1.29, 1.82) is 0 Å². The van der Waals surface area contributed by atoms with Gasteiger partial charge in [0.25, 0.3) is 0 Å². The van der Waals surface area contributed by atoms with Crippen molar-refractivity contribution in [1.82, 2.24) is 9.80 Å². The lowest BCUT2D eigenvalue weighted by Gasteiger charge is -2.17. The summed E-state index contributed by atoms with van der Waals surface area (Å²) >= 11 is 0. The average Bonchev–Trinajstić information content (AvgIpc) is 2.85. The Labute approximate surface area is 198 Å². The van der Waals surface area contributed by atoms with Gasteiger partial charge < -0.3 is 19.3 Å². The Hall–Kier alpha value is -2.70. The lowest BCUT2D eigenvalue weighted by molar-refractivity contribution is 0.0457. The molecule has 0 heterocycles. The van der Waals surface area contributed by atoms with E-state index >= 15 is 0 Å². The first-order valence-electron chi connectivity index (χ1n) is 12.0. The molecule has 0 radical (unpaired) electrons. The molecule has 0 aliphatic carbocycles. The molecule has 2 aromatic carbocycles. The highest BCUT2D eigenvalue weighted by molar-refractivity contribution is 5.90. The molecule has 0 N–H and O–H groups in total. The quantitative estimate of drug-likeness (QED) is 0.397. The summed E-state index contributed by atoms with van der Waals surface area (Å²) in [6.07, 6.45) is 0.717. The third kappa shape index (κ3) is 8.98. The van der Waals surface area contributed by atoms with E-state index in [1.807, 2.05) is 24.3 Å². The fourth-order valence-electron chi connectivity index (χ4n) is 3.53. The van der Waals surface area contributed by atoms with Gasteiger partial charge in [0.05, 0.1) is 11.1 Å². The molecule has 0 saturated heterocycles. The Morgan fingerprint density at radius 3 is 1.24 bits per heavy atom. The molecular formula is C27H38N2O4. The smallest absolute Gasteiger partial charge is 0.338 e. The van der Waals surface area contributed by atoms with Crippen LogP contribution in [0.25, 0.3) is 0 Å². The summed E-state index contributed by atoms with van der Waals surface area (Å²) in [6.45, 7) is 14.4. The first-order valence-corrected chi connectivity index (χ1v) is 12.0. The van der Waals surface area contributed by atoms with E-state index in [0.717, 1.165) is 50.4 Å². The molecule has 0 atom stereocenters. The lowest BCUT2D eigenvalue weighted by atomic mass is 10.0. The molecule has 33 heavy (non-hydrogen) atoms. The highest BCUT2D eigenvalue weighted by Crippen LogP contribution is 2.13. The Bertz CT molecular complexity index is 770. The summed E-state index contributed by atoms with van der Waals surface area (Å²) in [4.78, 5) is 28.9. The zero-order valence-corrected chi connectivity index (χ0v) is 20.5. The molecule has 0 amide bonds. The SMILES string of the molecule is CCN(CC)CCOC(=O)c1ccc(Cc2ccc(C(=O)OCCN(CC)CC)cc2)cc1. The minimum atomic E-state index is -0.294. The third-order valence-electron chi connectivity index (χ3n) is 5.86. The number of hydrogen-bond donors (Lipinski definition) is 0.